The fourth-order valence-electron chi connectivity index (χ4n) is 4.69. The minimum absolute atomic E-state index is 0.0644. The van der Waals surface area contributed by atoms with Gasteiger partial charge in [-0.15, -0.1) is 11.3 Å². The summed E-state index contributed by atoms with van der Waals surface area (Å²) in [5.74, 6) is -0.373. The molecule has 34 heavy (non-hydrogen) atoms. The van der Waals surface area contributed by atoms with Crippen molar-refractivity contribution in [1.29, 1.82) is 0 Å². The van der Waals surface area contributed by atoms with Crippen molar-refractivity contribution in [2.45, 2.75) is 56.6 Å². The molecular formula is C25H33N3O4S2. The van der Waals surface area contributed by atoms with Crippen LogP contribution in [0, 0.1) is 19.8 Å². The van der Waals surface area contributed by atoms with Gasteiger partial charge >= 0.3 is 0 Å². The molecule has 0 bridgehead atoms. The number of anilines is 1. The van der Waals surface area contributed by atoms with E-state index in [4.69, 9.17) is 0 Å². The van der Waals surface area contributed by atoms with Crippen LogP contribution < -0.4 is 5.32 Å². The Balaban J connectivity index is 1.36. The quantitative estimate of drug-likeness (QED) is 0.654. The van der Waals surface area contributed by atoms with Gasteiger partial charge in [-0.2, -0.15) is 4.31 Å². The highest BCUT2D eigenvalue weighted by Crippen LogP contribution is 2.29. The second-order valence-electron chi connectivity index (χ2n) is 9.35. The summed E-state index contributed by atoms with van der Waals surface area (Å²) < 4.78 is 28.1. The minimum Gasteiger partial charge on any atom is -0.339 e. The van der Waals surface area contributed by atoms with Gasteiger partial charge in [0.2, 0.25) is 5.91 Å². The Labute approximate surface area is 206 Å². The lowest BCUT2D eigenvalue weighted by Gasteiger charge is -2.30. The molecule has 4 rings (SSSR count). The van der Waals surface area contributed by atoms with E-state index in [1.807, 2.05) is 36.9 Å². The number of nitrogens with one attached hydrogen (secondary N) is 1. The molecule has 0 aliphatic carbocycles. The zero-order chi connectivity index (χ0) is 24.3. The Morgan fingerprint density at radius 2 is 1.65 bits per heavy atom. The van der Waals surface area contributed by atoms with Gasteiger partial charge in [0, 0.05) is 43.2 Å². The molecule has 2 aliphatic rings. The lowest BCUT2D eigenvalue weighted by Crippen LogP contribution is -2.41. The number of aryl methyl sites for hydroxylation is 2. The van der Waals surface area contributed by atoms with E-state index in [1.165, 1.54) is 10.4 Å². The van der Waals surface area contributed by atoms with Crippen LogP contribution in [0.1, 0.15) is 60.0 Å². The molecule has 7 nitrogen and oxygen atoms in total. The Bertz CT molecular complexity index is 1140. The van der Waals surface area contributed by atoms with Crippen molar-refractivity contribution in [2.75, 3.05) is 31.5 Å². The number of hydrogen-bond acceptors (Lipinski definition) is 5. The number of likely N-dealkylation sites (tertiary alicyclic amines) is 1. The summed E-state index contributed by atoms with van der Waals surface area (Å²) in [5.41, 5.74) is 3.40. The van der Waals surface area contributed by atoms with Crippen LogP contribution in [0.2, 0.25) is 0 Å². The molecule has 1 aromatic heterocycles. The highest BCUT2D eigenvalue weighted by atomic mass is 32.2. The number of thiophene rings is 1. The van der Waals surface area contributed by atoms with Gasteiger partial charge in [-0.25, -0.2) is 8.42 Å². The summed E-state index contributed by atoms with van der Waals surface area (Å²) in [7, 11) is -3.68. The Morgan fingerprint density at radius 1 is 0.971 bits per heavy atom. The number of sulfonamides is 1. The van der Waals surface area contributed by atoms with Gasteiger partial charge in [-0.1, -0.05) is 30.5 Å². The lowest BCUT2D eigenvalue weighted by molar-refractivity contribution is -0.120. The van der Waals surface area contributed by atoms with Gasteiger partial charge in [0.1, 0.15) is 4.21 Å². The van der Waals surface area contributed by atoms with Crippen molar-refractivity contribution in [3.63, 3.8) is 0 Å². The topological polar surface area (TPSA) is 86.8 Å². The molecule has 0 saturated carbocycles. The Kier molecular flexibility index (Phi) is 7.74. The largest absolute Gasteiger partial charge is 0.339 e. The van der Waals surface area contributed by atoms with Crippen molar-refractivity contribution in [3.05, 3.63) is 46.3 Å². The zero-order valence-corrected chi connectivity index (χ0v) is 21.5. The van der Waals surface area contributed by atoms with E-state index in [-0.39, 0.29) is 21.9 Å². The molecule has 2 saturated heterocycles. The molecule has 0 unspecified atom stereocenters. The molecule has 2 aliphatic heterocycles. The molecule has 2 aromatic rings. The Hall–Kier alpha value is -2.23. The van der Waals surface area contributed by atoms with E-state index in [1.54, 1.807) is 5.38 Å². The first-order valence-electron chi connectivity index (χ1n) is 12.0. The smallest absolute Gasteiger partial charge is 0.254 e. The van der Waals surface area contributed by atoms with Gasteiger partial charge < -0.3 is 10.2 Å². The van der Waals surface area contributed by atoms with Gasteiger partial charge in [0.25, 0.3) is 15.9 Å². The molecule has 0 spiro atoms. The molecule has 0 atom stereocenters. The van der Waals surface area contributed by atoms with Crippen LogP contribution in [0.5, 0.6) is 0 Å². The van der Waals surface area contributed by atoms with Crippen LogP contribution in [0.4, 0.5) is 5.69 Å². The standard InChI is InChI=1S/C25H33N3O4S2/c1-18-7-8-22(19(2)15-18)26-24(29)20-9-13-28(14-10-20)34(31,32)23-16-21(17-33-23)25(30)27-11-5-3-4-6-12-27/h7-8,15-17,20H,3-6,9-14H2,1-2H3,(H,26,29). The third-order valence-electron chi connectivity index (χ3n) is 6.77. The van der Waals surface area contributed by atoms with E-state index < -0.39 is 10.0 Å². The third kappa shape index (κ3) is 5.53. The lowest BCUT2D eigenvalue weighted by atomic mass is 9.97. The fraction of sp³-hybridized carbons (Fsp3) is 0.520. The number of piperidine rings is 1. The summed E-state index contributed by atoms with van der Waals surface area (Å²) in [4.78, 5) is 27.5. The van der Waals surface area contributed by atoms with Crippen LogP contribution in [-0.4, -0.2) is 55.6 Å². The summed E-state index contributed by atoms with van der Waals surface area (Å²) in [6, 6.07) is 7.41. The van der Waals surface area contributed by atoms with E-state index in [2.05, 4.69) is 5.32 Å². The van der Waals surface area contributed by atoms with Gasteiger partial charge in [0.15, 0.2) is 0 Å². The average molecular weight is 504 g/mol. The van der Waals surface area contributed by atoms with Crippen molar-refractivity contribution < 1.29 is 18.0 Å². The number of rotatable bonds is 5. The number of hydrogen-bond donors (Lipinski definition) is 1. The summed E-state index contributed by atoms with van der Waals surface area (Å²) in [5, 5.41) is 4.65. The van der Waals surface area contributed by atoms with Crippen molar-refractivity contribution in [3.8, 4) is 0 Å². The second-order valence-corrected chi connectivity index (χ2v) is 12.4. The molecule has 9 heteroatoms. The first-order chi connectivity index (χ1) is 16.3. The van der Waals surface area contributed by atoms with Crippen LogP contribution in [0.3, 0.4) is 0 Å². The van der Waals surface area contributed by atoms with Crippen LogP contribution in [-0.2, 0) is 14.8 Å². The molecule has 3 heterocycles. The molecular weight excluding hydrogens is 470 g/mol. The molecule has 184 valence electrons. The van der Waals surface area contributed by atoms with Gasteiger partial charge in [0.05, 0.1) is 5.56 Å². The molecule has 0 radical (unpaired) electrons. The van der Waals surface area contributed by atoms with Gasteiger partial charge in [-0.05, 0) is 57.2 Å². The van der Waals surface area contributed by atoms with E-state index in [0.717, 1.165) is 66.9 Å². The highest BCUT2D eigenvalue weighted by Gasteiger charge is 2.33. The normalized spacial score (nSPS) is 18.5. The summed E-state index contributed by atoms with van der Waals surface area (Å²) in [6.45, 7) is 6.02. The number of benzene rings is 1. The summed E-state index contributed by atoms with van der Waals surface area (Å²) >= 11 is 1.10. The molecule has 2 fully saturated rings. The predicted molar refractivity (Wildman–Crippen MR) is 135 cm³/mol. The van der Waals surface area contributed by atoms with Crippen LogP contribution in [0.15, 0.2) is 33.9 Å². The van der Waals surface area contributed by atoms with E-state index in [9.17, 15) is 18.0 Å². The molecule has 2 amide bonds. The van der Waals surface area contributed by atoms with Crippen LogP contribution >= 0.6 is 11.3 Å². The SMILES string of the molecule is Cc1ccc(NC(=O)C2CCN(S(=O)(=O)c3cc(C(=O)N4CCCCCC4)cs3)CC2)c(C)c1. The van der Waals surface area contributed by atoms with Crippen molar-refractivity contribution in [2.24, 2.45) is 5.92 Å². The third-order valence-corrected chi connectivity index (χ3v) is 10.1. The fourth-order valence-corrected chi connectivity index (χ4v) is 7.47. The maximum Gasteiger partial charge on any atom is 0.254 e. The maximum atomic E-state index is 13.2. The average Bonchev–Trinajstić information content (AvgIpc) is 3.17. The monoisotopic (exact) mass is 503 g/mol. The van der Waals surface area contributed by atoms with E-state index >= 15 is 0 Å². The summed E-state index contributed by atoms with van der Waals surface area (Å²) in [6.07, 6.45) is 5.19. The Morgan fingerprint density at radius 3 is 2.29 bits per heavy atom. The maximum absolute atomic E-state index is 13.2. The van der Waals surface area contributed by atoms with E-state index in [0.29, 0.717) is 31.5 Å². The van der Waals surface area contributed by atoms with Gasteiger partial charge in [-0.3, -0.25) is 9.59 Å². The number of amides is 2. The van der Waals surface area contributed by atoms with Crippen LogP contribution in [0.25, 0.3) is 0 Å². The molecule has 1 N–H and O–H groups in total. The zero-order valence-electron chi connectivity index (χ0n) is 19.9. The highest BCUT2D eigenvalue weighted by molar-refractivity contribution is 7.91. The minimum atomic E-state index is -3.68. The number of carbonyl (C=O) groups is 2. The predicted octanol–water partition coefficient (Wildman–Crippen LogP) is 4.42. The number of carbonyl (C=O) groups excluding carboxylic acids is 2. The first-order valence-corrected chi connectivity index (χ1v) is 14.3. The second kappa shape index (κ2) is 10.6. The number of nitrogens with zero attached hydrogens (tertiary/aromatic N) is 2. The van der Waals surface area contributed by atoms with Crippen molar-refractivity contribution in [1.82, 2.24) is 9.21 Å². The molecule has 1 aromatic carbocycles. The first kappa shape index (κ1) is 24.9. The van der Waals surface area contributed by atoms with Crippen molar-refractivity contribution >= 4 is 38.9 Å².